The van der Waals surface area contributed by atoms with Crippen molar-refractivity contribution in [3.63, 3.8) is 0 Å². The molecule has 0 saturated carbocycles. The Morgan fingerprint density at radius 1 is 1.13 bits per heavy atom. The lowest BCUT2D eigenvalue weighted by Gasteiger charge is -2.29. The highest BCUT2D eigenvalue weighted by molar-refractivity contribution is 5.86. The standard InChI is InChI=1S/C31H33N3O4/c1-18-26(28(30(35)36)38-31(3,4)5)27(22-12-13-25-21(15-22)10-8-14-37-25)19(2)33-29(18)34-23-16-20-9-6-7-11-24(20)32-17-23/h6-7,9,11-13,15-17,28H,8,10,14H2,1-5H3,(H,33,34)(H,35,36). The summed E-state index contributed by atoms with van der Waals surface area (Å²) in [6.45, 7) is 10.1. The zero-order valence-electron chi connectivity index (χ0n) is 22.5. The highest BCUT2D eigenvalue weighted by Crippen LogP contribution is 2.41. The van der Waals surface area contributed by atoms with Crippen LogP contribution in [0.5, 0.6) is 5.75 Å². The third-order valence-electron chi connectivity index (χ3n) is 6.68. The maximum Gasteiger partial charge on any atom is 0.337 e. The predicted molar refractivity (Wildman–Crippen MR) is 149 cm³/mol. The third-order valence-corrected chi connectivity index (χ3v) is 6.68. The number of hydrogen-bond donors (Lipinski definition) is 2. The van der Waals surface area contributed by atoms with Crippen molar-refractivity contribution in [1.82, 2.24) is 9.97 Å². The van der Waals surface area contributed by atoms with Crippen LogP contribution in [-0.4, -0.2) is 33.3 Å². The first-order chi connectivity index (χ1) is 18.1. The molecule has 196 valence electrons. The maximum atomic E-state index is 12.7. The molecule has 0 fully saturated rings. The summed E-state index contributed by atoms with van der Waals surface area (Å²) in [6.07, 6.45) is 2.44. The Labute approximate surface area is 222 Å². The van der Waals surface area contributed by atoms with Gasteiger partial charge in [-0.3, -0.25) is 4.98 Å². The molecule has 3 heterocycles. The first-order valence-corrected chi connectivity index (χ1v) is 12.9. The summed E-state index contributed by atoms with van der Waals surface area (Å²) in [4.78, 5) is 22.1. The first-order valence-electron chi connectivity index (χ1n) is 12.9. The van der Waals surface area contributed by atoms with Gasteiger partial charge in [0.25, 0.3) is 0 Å². The summed E-state index contributed by atoms with van der Waals surface area (Å²) in [5, 5.41) is 14.8. The van der Waals surface area contributed by atoms with E-state index in [1.807, 2.05) is 77.1 Å². The molecule has 1 aliphatic rings. The van der Waals surface area contributed by atoms with E-state index in [-0.39, 0.29) is 0 Å². The molecule has 0 bridgehead atoms. The number of aryl methyl sites for hydroxylation is 2. The molecule has 0 saturated heterocycles. The van der Waals surface area contributed by atoms with Crippen LogP contribution in [0, 0.1) is 13.8 Å². The van der Waals surface area contributed by atoms with Gasteiger partial charge in [-0.15, -0.1) is 0 Å². The van der Waals surface area contributed by atoms with Crippen molar-refractivity contribution in [3.05, 3.63) is 77.1 Å². The Hall–Kier alpha value is -3.97. The van der Waals surface area contributed by atoms with Crippen LogP contribution in [0.15, 0.2) is 54.7 Å². The van der Waals surface area contributed by atoms with Crippen molar-refractivity contribution in [1.29, 1.82) is 0 Å². The monoisotopic (exact) mass is 511 g/mol. The van der Waals surface area contributed by atoms with Crippen LogP contribution >= 0.6 is 0 Å². The number of anilines is 2. The van der Waals surface area contributed by atoms with E-state index in [1.165, 1.54) is 0 Å². The van der Waals surface area contributed by atoms with Crippen LogP contribution in [0.4, 0.5) is 11.5 Å². The number of hydrogen-bond acceptors (Lipinski definition) is 6. The molecule has 0 aliphatic carbocycles. The van der Waals surface area contributed by atoms with E-state index in [1.54, 1.807) is 6.20 Å². The average molecular weight is 512 g/mol. The van der Waals surface area contributed by atoms with Gasteiger partial charge < -0.3 is 19.9 Å². The number of ether oxygens (including phenoxy) is 2. The van der Waals surface area contributed by atoms with E-state index in [4.69, 9.17) is 14.5 Å². The number of fused-ring (bicyclic) bond motifs is 2. The number of aliphatic carboxylic acids is 1. The second-order valence-electron chi connectivity index (χ2n) is 10.7. The van der Waals surface area contributed by atoms with Gasteiger partial charge in [0, 0.05) is 22.2 Å². The molecule has 7 heteroatoms. The minimum absolute atomic E-state index is 0.573. The van der Waals surface area contributed by atoms with Crippen molar-refractivity contribution in [2.45, 2.75) is 59.2 Å². The summed E-state index contributed by atoms with van der Waals surface area (Å²) < 4.78 is 12.0. The molecule has 2 N–H and O–H groups in total. The molecule has 1 atom stereocenters. The van der Waals surface area contributed by atoms with Crippen LogP contribution in [0.25, 0.3) is 22.0 Å². The summed E-state index contributed by atoms with van der Waals surface area (Å²) in [7, 11) is 0. The highest BCUT2D eigenvalue weighted by atomic mass is 16.5. The van der Waals surface area contributed by atoms with E-state index >= 15 is 0 Å². The van der Waals surface area contributed by atoms with E-state index in [0.717, 1.165) is 51.9 Å². The second kappa shape index (κ2) is 10.1. The lowest BCUT2D eigenvalue weighted by atomic mass is 9.89. The van der Waals surface area contributed by atoms with E-state index in [0.29, 0.717) is 29.2 Å². The number of nitrogens with one attached hydrogen (secondary N) is 1. The lowest BCUT2D eigenvalue weighted by molar-refractivity contribution is -0.160. The van der Waals surface area contributed by atoms with Crippen LogP contribution < -0.4 is 10.1 Å². The van der Waals surface area contributed by atoms with Gasteiger partial charge in [0.15, 0.2) is 6.10 Å². The lowest BCUT2D eigenvalue weighted by Crippen LogP contribution is -2.28. The molecule has 0 amide bonds. The number of carboxylic acids is 1. The van der Waals surface area contributed by atoms with Gasteiger partial charge in [0.2, 0.25) is 0 Å². The molecule has 0 radical (unpaired) electrons. The minimum atomic E-state index is -1.19. The van der Waals surface area contributed by atoms with Crippen LogP contribution in [0.1, 0.15) is 55.7 Å². The zero-order valence-corrected chi connectivity index (χ0v) is 22.5. The fourth-order valence-corrected chi connectivity index (χ4v) is 5.01. The van der Waals surface area contributed by atoms with Crippen molar-refractivity contribution in [2.75, 3.05) is 11.9 Å². The van der Waals surface area contributed by atoms with Gasteiger partial charge in [0.05, 0.1) is 29.6 Å². The zero-order chi connectivity index (χ0) is 27.0. The van der Waals surface area contributed by atoms with Gasteiger partial charge in [0.1, 0.15) is 11.6 Å². The molecule has 2 aromatic heterocycles. The van der Waals surface area contributed by atoms with Gasteiger partial charge in [-0.25, -0.2) is 9.78 Å². The Morgan fingerprint density at radius 3 is 2.68 bits per heavy atom. The summed E-state index contributed by atoms with van der Waals surface area (Å²) >= 11 is 0. The average Bonchev–Trinajstić information content (AvgIpc) is 2.88. The fourth-order valence-electron chi connectivity index (χ4n) is 5.01. The molecule has 7 nitrogen and oxygen atoms in total. The normalized spacial score (nSPS) is 14.0. The molecule has 2 aromatic carbocycles. The quantitative estimate of drug-likeness (QED) is 0.290. The number of carboxylic acid groups (broad SMARTS) is 1. The second-order valence-corrected chi connectivity index (χ2v) is 10.7. The minimum Gasteiger partial charge on any atom is -0.493 e. The highest BCUT2D eigenvalue weighted by Gasteiger charge is 2.33. The number of para-hydroxylation sites is 1. The molecular formula is C31H33N3O4. The van der Waals surface area contributed by atoms with Crippen LogP contribution in [0.2, 0.25) is 0 Å². The Balaban J connectivity index is 1.68. The first kappa shape index (κ1) is 25.7. The van der Waals surface area contributed by atoms with Crippen molar-refractivity contribution in [2.24, 2.45) is 0 Å². The number of benzene rings is 2. The Morgan fingerprint density at radius 2 is 1.92 bits per heavy atom. The number of aromatic nitrogens is 2. The predicted octanol–water partition coefficient (Wildman–Crippen LogP) is 6.92. The Bertz CT molecular complexity index is 1520. The molecule has 5 rings (SSSR count). The number of pyridine rings is 2. The smallest absolute Gasteiger partial charge is 0.337 e. The van der Waals surface area contributed by atoms with E-state index in [2.05, 4.69) is 16.4 Å². The SMILES string of the molecule is Cc1nc(Nc2cnc3ccccc3c2)c(C)c(C(OC(C)(C)C)C(=O)O)c1-c1ccc2c(c1)CCCO2. The van der Waals surface area contributed by atoms with Crippen LogP contribution in [0.3, 0.4) is 0 Å². The molecule has 1 unspecified atom stereocenters. The number of carbonyl (C=O) groups is 1. The van der Waals surface area contributed by atoms with Gasteiger partial charge in [-0.1, -0.05) is 24.3 Å². The van der Waals surface area contributed by atoms with Crippen LogP contribution in [-0.2, 0) is 16.0 Å². The summed E-state index contributed by atoms with van der Waals surface area (Å²) in [5.74, 6) is 0.407. The number of nitrogens with zero attached hydrogens (tertiary/aromatic N) is 2. The third kappa shape index (κ3) is 5.20. The topological polar surface area (TPSA) is 93.6 Å². The molecule has 0 spiro atoms. The fraction of sp³-hybridized carbons (Fsp3) is 0.323. The molecule has 38 heavy (non-hydrogen) atoms. The van der Waals surface area contributed by atoms with Crippen molar-refractivity contribution in [3.8, 4) is 16.9 Å². The Kier molecular flexibility index (Phi) is 6.80. The van der Waals surface area contributed by atoms with E-state index < -0.39 is 17.7 Å². The van der Waals surface area contributed by atoms with Crippen molar-refractivity contribution < 1.29 is 19.4 Å². The van der Waals surface area contributed by atoms with Gasteiger partial charge in [-0.05, 0) is 88.4 Å². The van der Waals surface area contributed by atoms with Gasteiger partial charge >= 0.3 is 5.97 Å². The maximum absolute atomic E-state index is 12.7. The summed E-state index contributed by atoms with van der Waals surface area (Å²) in [5.41, 5.74) is 5.80. The molecule has 4 aromatic rings. The molecule has 1 aliphatic heterocycles. The largest absolute Gasteiger partial charge is 0.493 e. The van der Waals surface area contributed by atoms with Crippen molar-refractivity contribution >= 4 is 28.4 Å². The van der Waals surface area contributed by atoms with Gasteiger partial charge in [-0.2, -0.15) is 0 Å². The number of rotatable bonds is 6. The van der Waals surface area contributed by atoms with E-state index in [9.17, 15) is 9.90 Å². The summed E-state index contributed by atoms with van der Waals surface area (Å²) in [6, 6.07) is 15.9. The molecular weight excluding hydrogens is 478 g/mol.